The van der Waals surface area contributed by atoms with Gasteiger partial charge in [0.15, 0.2) is 0 Å². The summed E-state index contributed by atoms with van der Waals surface area (Å²) in [4.78, 5) is 11.3. The first kappa shape index (κ1) is 14.2. The van der Waals surface area contributed by atoms with Crippen LogP contribution in [0.5, 0.6) is 0 Å². The highest BCUT2D eigenvalue weighted by Gasteiger charge is 2.04. The smallest absolute Gasteiger partial charge is 0.234 e. The summed E-state index contributed by atoms with van der Waals surface area (Å²) in [6, 6.07) is 0. The van der Waals surface area contributed by atoms with Crippen molar-refractivity contribution in [2.75, 3.05) is 33.4 Å². The molecule has 0 bridgehead atoms. The van der Waals surface area contributed by atoms with E-state index in [0.29, 0.717) is 19.7 Å². The van der Waals surface area contributed by atoms with Gasteiger partial charge in [0.25, 0.3) is 0 Å². The minimum atomic E-state index is 0.0414. The number of nitrogens with one attached hydrogen (secondary N) is 2. The first-order valence-electron chi connectivity index (χ1n) is 6.47. The van der Waals surface area contributed by atoms with E-state index in [1.54, 1.807) is 12.7 Å². The third kappa shape index (κ3) is 7.13. The highest BCUT2D eigenvalue weighted by Crippen LogP contribution is 2.19. The number of rotatable bonds is 8. The second-order valence-electron chi connectivity index (χ2n) is 4.38. The molecular formula is C13H24N2O2. The van der Waals surface area contributed by atoms with Crippen LogP contribution in [0.25, 0.3) is 0 Å². The van der Waals surface area contributed by atoms with Crippen LogP contribution in [0.15, 0.2) is 11.6 Å². The number of hydrogen-bond donors (Lipinski definition) is 2. The Kier molecular flexibility index (Phi) is 7.67. The highest BCUT2D eigenvalue weighted by molar-refractivity contribution is 5.77. The topological polar surface area (TPSA) is 50.4 Å². The van der Waals surface area contributed by atoms with E-state index in [0.717, 1.165) is 13.0 Å². The zero-order valence-electron chi connectivity index (χ0n) is 10.8. The molecule has 0 aromatic heterocycles. The van der Waals surface area contributed by atoms with Crippen LogP contribution >= 0.6 is 0 Å². The maximum atomic E-state index is 11.3. The fourth-order valence-electron chi connectivity index (χ4n) is 1.94. The summed E-state index contributed by atoms with van der Waals surface area (Å²) in [6.45, 7) is 2.45. The van der Waals surface area contributed by atoms with Crippen LogP contribution < -0.4 is 10.6 Å². The molecule has 0 spiro atoms. The van der Waals surface area contributed by atoms with Crippen LogP contribution in [-0.2, 0) is 9.53 Å². The molecule has 1 amide bonds. The molecule has 0 fully saturated rings. The molecule has 98 valence electrons. The lowest BCUT2D eigenvalue weighted by molar-refractivity contribution is -0.120. The second-order valence-corrected chi connectivity index (χ2v) is 4.38. The normalized spacial score (nSPS) is 15.5. The zero-order chi connectivity index (χ0) is 12.3. The van der Waals surface area contributed by atoms with Crippen molar-refractivity contribution in [2.24, 2.45) is 0 Å². The Morgan fingerprint density at radius 2 is 2.29 bits per heavy atom. The van der Waals surface area contributed by atoms with Gasteiger partial charge in [0.05, 0.1) is 13.2 Å². The van der Waals surface area contributed by atoms with E-state index >= 15 is 0 Å². The summed E-state index contributed by atoms with van der Waals surface area (Å²) in [7, 11) is 1.63. The van der Waals surface area contributed by atoms with Crippen molar-refractivity contribution < 1.29 is 9.53 Å². The molecule has 0 aliphatic heterocycles. The summed E-state index contributed by atoms with van der Waals surface area (Å²) in [6.07, 6.45) is 8.55. The number of amides is 1. The number of ether oxygens (including phenoxy) is 1. The molecule has 0 atom stereocenters. The molecule has 0 radical (unpaired) electrons. The zero-order valence-corrected chi connectivity index (χ0v) is 10.8. The van der Waals surface area contributed by atoms with E-state index in [9.17, 15) is 4.79 Å². The van der Waals surface area contributed by atoms with Gasteiger partial charge in [-0.1, -0.05) is 11.6 Å². The minimum Gasteiger partial charge on any atom is -0.383 e. The summed E-state index contributed by atoms with van der Waals surface area (Å²) in [5, 5.41) is 5.95. The van der Waals surface area contributed by atoms with Gasteiger partial charge in [0.2, 0.25) is 5.91 Å². The van der Waals surface area contributed by atoms with Crippen LogP contribution in [0.4, 0.5) is 0 Å². The van der Waals surface area contributed by atoms with Crippen molar-refractivity contribution >= 4 is 5.91 Å². The van der Waals surface area contributed by atoms with Crippen molar-refractivity contribution in [3.63, 3.8) is 0 Å². The van der Waals surface area contributed by atoms with Crippen molar-refractivity contribution in [1.82, 2.24) is 10.6 Å². The van der Waals surface area contributed by atoms with Crippen molar-refractivity contribution in [3.8, 4) is 0 Å². The van der Waals surface area contributed by atoms with Gasteiger partial charge in [-0.25, -0.2) is 0 Å². The Balaban J connectivity index is 1.96. The Labute approximate surface area is 104 Å². The van der Waals surface area contributed by atoms with E-state index in [1.807, 2.05) is 0 Å². The monoisotopic (exact) mass is 240 g/mol. The summed E-state index contributed by atoms with van der Waals surface area (Å²) in [5.41, 5.74) is 1.54. The van der Waals surface area contributed by atoms with Crippen molar-refractivity contribution in [3.05, 3.63) is 11.6 Å². The predicted molar refractivity (Wildman–Crippen MR) is 68.9 cm³/mol. The third-order valence-corrected chi connectivity index (χ3v) is 2.92. The standard InChI is InChI=1S/C13H24N2O2/c1-17-10-9-15-13(16)11-14-8-7-12-5-3-2-4-6-12/h5,14H,2-4,6-11H2,1H3,(H,15,16). The van der Waals surface area contributed by atoms with Gasteiger partial charge < -0.3 is 15.4 Å². The highest BCUT2D eigenvalue weighted by atomic mass is 16.5. The van der Waals surface area contributed by atoms with Gasteiger partial charge >= 0.3 is 0 Å². The van der Waals surface area contributed by atoms with Crippen LogP contribution in [0, 0.1) is 0 Å². The SMILES string of the molecule is COCCNC(=O)CNCCC1=CCCCC1. The van der Waals surface area contributed by atoms with Crippen molar-refractivity contribution in [1.29, 1.82) is 0 Å². The third-order valence-electron chi connectivity index (χ3n) is 2.92. The molecule has 0 unspecified atom stereocenters. The summed E-state index contributed by atoms with van der Waals surface area (Å²) < 4.78 is 4.85. The van der Waals surface area contributed by atoms with Gasteiger partial charge in [-0.05, 0) is 38.6 Å². The molecule has 1 rings (SSSR count). The maximum Gasteiger partial charge on any atom is 0.234 e. The van der Waals surface area contributed by atoms with Crippen LogP contribution in [0.3, 0.4) is 0 Å². The van der Waals surface area contributed by atoms with Crippen LogP contribution in [0.1, 0.15) is 32.1 Å². The fourth-order valence-corrected chi connectivity index (χ4v) is 1.94. The second kappa shape index (κ2) is 9.19. The number of carbonyl (C=O) groups is 1. The molecule has 2 N–H and O–H groups in total. The molecule has 0 aromatic carbocycles. The average molecular weight is 240 g/mol. The van der Waals surface area contributed by atoms with E-state index in [4.69, 9.17) is 4.74 Å². The molecule has 0 saturated carbocycles. The Hall–Kier alpha value is -0.870. The molecule has 1 aliphatic rings. The van der Waals surface area contributed by atoms with E-state index in [1.165, 1.54) is 25.7 Å². The maximum absolute atomic E-state index is 11.3. The molecule has 1 aliphatic carbocycles. The molecule has 4 nitrogen and oxygen atoms in total. The van der Waals surface area contributed by atoms with Gasteiger partial charge in [-0.3, -0.25) is 4.79 Å². The van der Waals surface area contributed by atoms with Crippen LogP contribution in [0.2, 0.25) is 0 Å². The lowest BCUT2D eigenvalue weighted by Gasteiger charge is -2.12. The Morgan fingerprint density at radius 3 is 3.00 bits per heavy atom. The van der Waals surface area contributed by atoms with E-state index < -0.39 is 0 Å². The predicted octanol–water partition coefficient (Wildman–Crippen LogP) is 1.23. The van der Waals surface area contributed by atoms with Gasteiger partial charge in [0, 0.05) is 13.7 Å². The lowest BCUT2D eigenvalue weighted by atomic mass is 9.97. The summed E-state index contributed by atoms with van der Waals surface area (Å²) >= 11 is 0. The van der Waals surface area contributed by atoms with Crippen molar-refractivity contribution in [2.45, 2.75) is 32.1 Å². The van der Waals surface area contributed by atoms with E-state index in [2.05, 4.69) is 16.7 Å². The average Bonchev–Trinajstić information content (AvgIpc) is 2.36. The van der Waals surface area contributed by atoms with Crippen LogP contribution in [-0.4, -0.2) is 39.3 Å². The number of hydrogen-bond acceptors (Lipinski definition) is 3. The number of carbonyl (C=O) groups excluding carboxylic acids is 1. The van der Waals surface area contributed by atoms with Gasteiger partial charge in [-0.15, -0.1) is 0 Å². The largest absolute Gasteiger partial charge is 0.383 e. The molecule has 17 heavy (non-hydrogen) atoms. The molecule has 0 aromatic rings. The molecule has 4 heteroatoms. The van der Waals surface area contributed by atoms with E-state index in [-0.39, 0.29) is 5.91 Å². The Bertz CT molecular complexity index is 252. The lowest BCUT2D eigenvalue weighted by Crippen LogP contribution is -2.36. The first-order valence-corrected chi connectivity index (χ1v) is 6.47. The molecular weight excluding hydrogens is 216 g/mol. The van der Waals surface area contributed by atoms with Gasteiger partial charge in [-0.2, -0.15) is 0 Å². The quantitative estimate of drug-likeness (QED) is 0.495. The minimum absolute atomic E-state index is 0.0414. The molecule has 0 saturated heterocycles. The Morgan fingerprint density at radius 1 is 1.41 bits per heavy atom. The molecule has 0 heterocycles. The number of allylic oxidation sites excluding steroid dienone is 1. The fraction of sp³-hybridized carbons (Fsp3) is 0.769. The first-order chi connectivity index (χ1) is 8.33. The van der Waals surface area contributed by atoms with Gasteiger partial charge in [0.1, 0.15) is 0 Å². The summed E-state index contributed by atoms with van der Waals surface area (Å²) in [5.74, 6) is 0.0414. The number of methoxy groups -OCH3 is 1.